The van der Waals surface area contributed by atoms with Gasteiger partial charge >= 0.3 is 22.5 Å². The Morgan fingerprint density at radius 3 is 2.21 bits per heavy atom. The van der Waals surface area contributed by atoms with Crippen LogP contribution in [0.4, 0.5) is 23.8 Å². The quantitative estimate of drug-likeness (QED) is 0.578. The number of amides is 1. The molecule has 0 aliphatic carbocycles. The number of carboxylic acids is 1. The number of piperidine rings is 1. The Morgan fingerprint density at radius 2 is 1.82 bits per heavy atom. The topological polar surface area (TPSA) is 146 Å². The molecule has 1 aromatic rings. The van der Waals surface area contributed by atoms with Crippen molar-refractivity contribution in [3.05, 3.63) is 11.3 Å². The number of alkyl halides is 3. The average molecular weight is 503 g/mol. The van der Waals surface area contributed by atoms with Gasteiger partial charge in [-0.05, 0) is 47.5 Å². The molecule has 2 heterocycles. The van der Waals surface area contributed by atoms with Crippen LogP contribution in [0.2, 0.25) is 0 Å². The van der Waals surface area contributed by atoms with Crippen LogP contribution in [-0.4, -0.2) is 63.6 Å². The zero-order valence-corrected chi connectivity index (χ0v) is 20.0. The summed E-state index contributed by atoms with van der Waals surface area (Å²) in [6.07, 6.45) is -4.67. The second-order valence-corrected chi connectivity index (χ2v) is 10.1. The van der Waals surface area contributed by atoms with Crippen LogP contribution in [0, 0.1) is 13.8 Å². The van der Waals surface area contributed by atoms with Gasteiger partial charge in [0.15, 0.2) is 0 Å². The van der Waals surface area contributed by atoms with Crippen molar-refractivity contribution in [3.8, 4) is 0 Å². The fourth-order valence-electron chi connectivity index (χ4n) is 2.98. The summed E-state index contributed by atoms with van der Waals surface area (Å²) in [6, 6.07) is -0.338. The first kappa shape index (κ1) is 28.5. The van der Waals surface area contributed by atoms with Gasteiger partial charge in [0.25, 0.3) is 0 Å². The summed E-state index contributed by atoms with van der Waals surface area (Å²) in [7, 11) is -2.21. The third-order valence-electron chi connectivity index (χ3n) is 4.49. The van der Waals surface area contributed by atoms with Gasteiger partial charge in [0, 0.05) is 5.56 Å². The maximum absolute atomic E-state index is 13.0. The molecule has 2 N–H and O–H groups in total. The summed E-state index contributed by atoms with van der Waals surface area (Å²) in [6.45, 7) is 10.1. The van der Waals surface area contributed by atoms with Crippen molar-refractivity contribution in [2.24, 2.45) is 0 Å². The molecule has 33 heavy (non-hydrogen) atoms. The third-order valence-corrected chi connectivity index (χ3v) is 5.90. The number of hydrogen-bond acceptors (Lipinski definition) is 8. The molecule has 1 aliphatic heterocycles. The van der Waals surface area contributed by atoms with Gasteiger partial charge in [-0.25, -0.2) is 13.8 Å². The van der Waals surface area contributed by atoms with Crippen LogP contribution in [0.3, 0.4) is 0 Å². The number of ether oxygens (including phenoxy) is 1. The average Bonchev–Trinajstić information content (AvgIpc) is 2.91. The smallest absolute Gasteiger partial charge is 0.430 e. The Kier molecular flexibility index (Phi) is 9.14. The van der Waals surface area contributed by atoms with Crippen molar-refractivity contribution in [2.45, 2.75) is 65.3 Å². The largest absolute Gasteiger partial charge is 0.542 e. The number of carboxylic acid groups (broad SMARTS) is 1. The number of quaternary nitrogens is 1. The van der Waals surface area contributed by atoms with Crippen LogP contribution in [0.25, 0.3) is 0 Å². The van der Waals surface area contributed by atoms with Gasteiger partial charge in [0.2, 0.25) is 5.88 Å². The zero-order chi connectivity index (χ0) is 25.8. The maximum Gasteiger partial charge on any atom is 0.430 e. The second-order valence-electron chi connectivity index (χ2n) is 8.60. The normalized spacial score (nSPS) is 19.2. The number of likely N-dealkylation sites (N-methyl/N-ethyl adjacent to an activating group) is 1. The fraction of sp³-hybridized carbons (Fsp3) is 0.722. The summed E-state index contributed by atoms with van der Waals surface area (Å²) in [5, 5.41) is 12.7. The van der Waals surface area contributed by atoms with E-state index in [1.807, 2.05) is 11.8 Å². The molecular weight excluding hydrogens is 473 g/mol. The van der Waals surface area contributed by atoms with E-state index < -0.39 is 34.0 Å². The molecule has 0 saturated carbocycles. The predicted octanol–water partition coefficient (Wildman–Crippen LogP) is -0.157. The van der Waals surface area contributed by atoms with Gasteiger partial charge in [0.1, 0.15) is 11.6 Å². The highest BCUT2D eigenvalue weighted by Crippen LogP contribution is 2.28. The number of anilines is 1. The van der Waals surface area contributed by atoms with E-state index in [9.17, 15) is 26.4 Å². The highest BCUT2D eigenvalue weighted by molar-refractivity contribution is 7.91. The van der Waals surface area contributed by atoms with Crippen LogP contribution >= 0.6 is 0 Å². The molecule has 1 fully saturated rings. The molecule has 0 bridgehead atoms. The standard InChI is InChI=1S/C16H28N4O5S.C2HF3O2/c1-11-12(2)17-25-14(11)20(13-8-7-9-19(6)10-13)26(22,23)18-15(21)24-16(3,4)5;3-2(4,5)1(6)7/h13H,7-10H2,1-6H3,(H,18,21);(H,6,7). The van der Waals surface area contributed by atoms with Gasteiger partial charge < -0.3 is 24.1 Å². The van der Waals surface area contributed by atoms with Crippen LogP contribution < -0.4 is 19.0 Å². The number of aryl methyl sites for hydroxylation is 1. The Morgan fingerprint density at radius 1 is 1.27 bits per heavy atom. The molecule has 1 aromatic heterocycles. The molecular formula is C18H29F3N4O7S. The molecule has 2 atom stereocenters. The number of carbonyl (C=O) groups excluding carboxylic acids is 2. The first-order valence-corrected chi connectivity index (χ1v) is 11.4. The summed E-state index contributed by atoms with van der Waals surface area (Å²) in [5.74, 6) is -2.87. The molecule has 1 aliphatic rings. The Hall–Kier alpha value is -2.55. The first-order chi connectivity index (χ1) is 14.8. The molecule has 190 valence electrons. The number of nitrogens with zero attached hydrogens (tertiary/aromatic N) is 2. The number of likely N-dealkylation sites (tertiary alicyclic amines) is 1. The van der Waals surface area contributed by atoms with Crippen molar-refractivity contribution < 1.29 is 50.4 Å². The Balaban J connectivity index is 0.000000675. The third kappa shape index (κ3) is 8.72. The minimum atomic E-state index is -5.19. The Bertz CT molecular complexity index is 942. The van der Waals surface area contributed by atoms with Crippen molar-refractivity contribution in [2.75, 3.05) is 24.4 Å². The van der Waals surface area contributed by atoms with E-state index >= 15 is 0 Å². The lowest BCUT2D eigenvalue weighted by molar-refractivity contribution is -0.885. The molecule has 0 aromatic carbocycles. The molecule has 11 nitrogen and oxygen atoms in total. The SMILES string of the molecule is Cc1noc(N(C2CCC[NH+](C)C2)S(=O)(=O)NC(=O)OC(C)(C)C)c1C.O=C([O-])C(F)(F)F. The minimum absolute atomic E-state index is 0.137. The van der Waals surface area contributed by atoms with Gasteiger partial charge in [0.05, 0.1) is 31.9 Å². The Labute approximate surface area is 190 Å². The van der Waals surface area contributed by atoms with E-state index in [0.717, 1.165) is 17.3 Å². The van der Waals surface area contributed by atoms with E-state index in [2.05, 4.69) is 5.16 Å². The number of aromatic nitrogens is 1. The van der Waals surface area contributed by atoms with E-state index in [-0.39, 0.29) is 11.9 Å². The van der Waals surface area contributed by atoms with E-state index in [1.54, 1.807) is 34.6 Å². The summed E-state index contributed by atoms with van der Waals surface area (Å²) in [4.78, 5) is 22.1. The number of carbonyl (C=O) groups is 2. The number of halogens is 3. The number of hydrogen-bond donors (Lipinski definition) is 2. The van der Waals surface area contributed by atoms with Crippen molar-refractivity contribution >= 4 is 28.2 Å². The molecule has 0 spiro atoms. The first-order valence-electron chi connectivity index (χ1n) is 9.92. The number of aliphatic carboxylic acids is 1. The summed E-state index contributed by atoms with van der Waals surface area (Å²) in [5.41, 5.74) is 0.426. The molecule has 1 amide bonds. The zero-order valence-electron chi connectivity index (χ0n) is 19.2. The van der Waals surface area contributed by atoms with Gasteiger partial charge in [-0.1, -0.05) is 5.16 Å². The minimum Gasteiger partial charge on any atom is -0.542 e. The molecule has 1 saturated heterocycles. The van der Waals surface area contributed by atoms with Crippen LogP contribution in [-0.2, 0) is 19.7 Å². The van der Waals surface area contributed by atoms with Gasteiger partial charge in [-0.15, -0.1) is 0 Å². The monoisotopic (exact) mass is 502 g/mol. The van der Waals surface area contributed by atoms with E-state index in [0.29, 0.717) is 24.2 Å². The van der Waals surface area contributed by atoms with Crippen LogP contribution in [0.5, 0.6) is 0 Å². The maximum atomic E-state index is 13.0. The molecule has 2 rings (SSSR count). The number of nitrogens with one attached hydrogen (secondary N) is 2. The molecule has 15 heteroatoms. The van der Waals surface area contributed by atoms with E-state index in [1.165, 1.54) is 4.90 Å². The number of rotatable bonds is 4. The fourth-order valence-corrected chi connectivity index (χ4v) is 4.29. The summed E-state index contributed by atoms with van der Waals surface area (Å²) >= 11 is 0. The van der Waals surface area contributed by atoms with Crippen molar-refractivity contribution in [3.63, 3.8) is 0 Å². The summed E-state index contributed by atoms with van der Waals surface area (Å²) < 4.78 is 71.1. The van der Waals surface area contributed by atoms with Crippen molar-refractivity contribution in [1.82, 2.24) is 9.88 Å². The van der Waals surface area contributed by atoms with Crippen molar-refractivity contribution in [1.29, 1.82) is 0 Å². The van der Waals surface area contributed by atoms with Crippen LogP contribution in [0.1, 0.15) is 44.9 Å². The second kappa shape index (κ2) is 10.6. The van der Waals surface area contributed by atoms with Gasteiger partial charge in [-0.2, -0.15) is 21.6 Å². The lowest BCUT2D eigenvalue weighted by Gasteiger charge is -2.34. The lowest BCUT2D eigenvalue weighted by Crippen LogP contribution is -3.11. The van der Waals surface area contributed by atoms with E-state index in [4.69, 9.17) is 19.2 Å². The highest BCUT2D eigenvalue weighted by Gasteiger charge is 2.39. The highest BCUT2D eigenvalue weighted by atomic mass is 32.2. The van der Waals surface area contributed by atoms with Crippen LogP contribution in [0.15, 0.2) is 4.52 Å². The van der Waals surface area contributed by atoms with Gasteiger partial charge in [-0.3, -0.25) is 0 Å². The lowest BCUT2D eigenvalue weighted by atomic mass is 10.1. The predicted molar refractivity (Wildman–Crippen MR) is 107 cm³/mol. The molecule has 0 radical (unpaired) electrons. The molecule has 2 unspecified atom stereocenters.